The van der Waals surface area contributed by atoms with E-state index in [0.717, 1.165) is 34.6 Å². The van der Waals surface area contributed by atoms with Crippen LogP contribution in [0.15, 0.2) is 53.2 Å². The second-order valence-corrected chi connectivity index (χ2v) is 8.25. The lowest BCUT2D eigenvalue weighted by Gasteiger charge is -2.08. The number of rotatable bonds is 8. The molecule has 0 saturated heterocycles. The molecule has 0 spiro atoms. The van der Waals surface area contributed by atoms with E-state index >= 15 is 0 Å². The van der Waals surface area contributed by atoms with Gasteiger partial charge in [-0.25, -0.2) is 4.98 Å². The first-order valence-corrected chi connectivity index (χ1v) is 10.9. The molecule has 0 aliphatic carbocycles. The molecule has 0 aliphatic heterocycles. The lowest BCUT2D eigenvalue weighted by atomic mass is 10.2. The Morgan fingerprint density at radius 3 is 2.93 bits per heavy atom. The number of thiazole rings is 1. The fourth-order valence-corrected chi connectivity index (χ4v) is 4.68. The molecule has 7 heteroatoms. The predicted molar refractivity (Wildman–Crippen MR) is 115 cm³/mol. The average Bonchev–Trinajstić information content (AvgIpc) is 3.45. The molecular formula is C21H21N3O2S2. The Morgan fingerprint density at radius 2 is 2.11 bits per heavy atom. The summed E-state index contributed by atoms with van der Waals surface area (Å²) in [5, 5.41) is 8.84. The zero-order valence-electron chi connectivity index (χ0n) is 15.6. The maximum Gasteiger partial charge on any atom is 0.270 e. The highest BCUT2D eigenvalue weighted by Gasteiger charge is 2.16. The van der Waals surface area contributed by atoms with E-state index in [9.17, 15) is 4.79 Å². The zero-order chi connectivity index (χ0) is 19.3. The van der Waals surface area contributed by atoms with Crippen LogP contribution in [-0.2, 0) is 17.7 Å². The summed E-state index contributed by atoms with van der Waals surface area (Å²) in [6.07, 6.45) is 0.839. The maximum absolute atomic E-state index is 12.5. The molecule has 0 aliphatic rings. The van der Waals surface area contributed by atoms with Crippen molar-refractivity contribution >= 4 is 39.5 Å². The number of nitrogens with one attached hydrogen (secondary N) is 1. The molecule has 3 aromatic heterocycles. The van der Waals surface area contributed by atoms with Gasteiger partial charge in [-0.3, -0.25) is 4.79 Å². The first-order valence-electron chi connectivity index (χ1n) is 9.10. The second-order valence-electron chi connectivity index (χ2n) is 6.36. The second kappa shape index (κ2) is 8.68. The number of amides is 1. The third-order valence-electron chi connectivity index (χ3n) is 4.52. The van der Waals surface area contributed by atoms with Gasteiger partial charge in [-0.15, -0.1) is 22.7 Å². The summed E-state index contributed by atoms with van der Waals surface area (Å²) >= 11 is 3.20. The largest absolute Gasteiger partial charge is 0.383 e. The summed E-state index contributed by atoms with van der Waals surface area (Å²) in [4.78, 5) is 18.3. The zero-order valence-corrected chi connectivity index (χ0v) is 17.2. The molecule has 3 heterocycles. The van der Waals surface area contributed by atoms with E-state index in [0.29, 0.717) is 18.8 Å². The van der Waals surface area contributed by atoms with Crippen molar-refractivity contribution in [1.29, 1.82) is 0 Å². The van der Waals surface area contributed by atoms with Crippen LogP contribution < -0.4 is 5.32 Å². The number of thiophene rings is 1. The van der Waals surface area contributed by atoms with Gasteiger partial charge in [0, 0.05) is 41.4 Å². The summed E-state index contributed by atoms with van der Waals surface area (Å²) in [5.74, 6) is -0.126. The smallest absolute Gasteiger partial charge is 0.270 e. The van der Waals surface area contributed by atoms with Crippen molar-refractivity contribution < 1.29 is 9.53 Å². The number of nitrogens with zero attached hydrogens (tertiary/aromatic N) is 2. The Bertz CT molecular complexity index is 1070. The number of para-hydroxylation sites is 1. The van der Waals surface area contributed by atoms with Gasteiger partial charge in [0.1, 0.15) is 10.7 Å². The normalized spacial score (nSPS) is 11.2. The van der Waals surface area contributed by atoms with Crippen LogP contribution >= 0.6 is 22.7 Å². The van der Waals surface area contributed by atoms with E-state index in [1.54, 1.807) is 18.4 Å². The summed E-state index contributed by atoms with van der Waals surface area (Å²) in [5.41, 5.74) is 2.63. The van der Waals surface area contributed by atoms with Gasteiger partial charge in [-0.1, -0.05) is 24.3 Å². The molecule has 0 radical (unpaired) electrons. The minimum absolute atomic E-state index is 0.126. The molecule has 0 unspecified atom stereocenters. The summed E-state index contributed by atoms with van der Waals surface area (Å²) in [7, 11) is 1.70. The van der Waals surface area contributed by atoms with Gasteiger partial charge >= 0.3 is 0 Å². The standard InChI is InChI=1S/C21H21N3O2S2/c1-26-11-10-24-18-7-3-2-5-15(18)13-19(24)21-23-17(14-28-21)20(25)22-9-8-16-6-4-12-27-16/h2-7,12-14H,8-11H2,1H3,(H,22,25). The number of hydrogen-bond donors (Lipinski definition) is 1. The molecule has 4 rings (SSSR count). The molecular weight excluding hydrogens is 390 g/mol. The molecule has 0 bridgehead atoms. The first kappa shape index (κ1) is 18.9. The summed E-state index contributed by atoms with van der Waals surface area (Å²) in [6.45, 7) is 1.97. The number of benzene rings is 1. The van der Waals surface area contributed by atoms with E-state index in [1.165, 1.54) is 16.2 Å². The van der Waals surface area contributed by atoms with Crippen LogP contribution in [-0.4, -0.2) is 35.7 Å². The summed E-state index contributed by atoms with van der Waals surface area (Å²) in [6, 6.07) is 14.5. The number of aromatic nitrogens is 2. The number of carbonyl (C=O) groups is 1. The molecule has 0 saturated carbocycles. The van der Waals surface area contributed by atoms with Gasteiger partial charge in [0.15, 0.2) is 0 Å². The van der Waals surface area contributed by atoms with Crippen molar-refractivity contribution in [3.63, 3.8) is 0 Å². The minimum Gasteiger partial charge on any atom is -0.383 e. The van der Waals surface area contributed by atoms with E-state index in [4.69, 9.17) is 4.74 Å². The number of methoxy groups -OCH3 is 1. The molecule has 5 nitrogen and oxygen atoms in total. The molecule has 1 amide bonds. The van der Waals surface area contributed by atoms with Gasteiger partial charge < -0.3 is 14.6 Å². The quantitative estimate of drug-likeness (QED) is 0.466. The van der Waals surface area contributed by atoms with Crippen LogP contribution in [0.2, 0.25) is 0 Å². The van der Waals surface area contributed by atoms with Crippen LogP contribution in [0.25, 0.3) is 21.6 Å². The molecule has 4 aromatic rings. The van der Waals surface area contributed by atoms with Crippen molar-refractivity contribution in [2.75, 3.05) is 20.3 Å². The van der Waals surface area contributed by atoms with Gasteiger partial charge in [-0.2, -0.15) is 0 Å². The lowest BCUT2D eigenvalue weighted by Crippen LogP contribution is -2.25. The molecule has 0 atom stereocenters. The third-order valence-corrected chi connectivity index (χ3v) is 6.32. The van der Waals surface area contributed by atoms with Gasteiger partial charge in [0.05, 0.1) is 12.3 Å². The average molecular weight is 412 g/mol. The highest BCUT2D eigenvalue weighted by atomic mass is 32.1. The summed E-state index contributed by atoms with van der Waals surface area (Å²) < 4.78 is 7.48. The van der Waals surface area contributed by atoms with Gasteiger partial charge in [0.25, 0.3) is 5.91 Å². The Hall–Kier alpha value is -2.48. The van der Waals surface area contributed by atoms with Crippen LogP contribution in [0, 0.1) is 0 Å². The van der Waals surface area contributed by atoms with E-state index in [-0.39, 0.29) is 5.91 Å². The van der Waals surface area contributed by atoms with Crippen molar-refractivity contribution in [2.45, 2.75) is 13.0 Å². The predicted octanol–water partition coefficient (Wildman–Crippen LogP) is 4.45. The Balaban J connectivity index is 1.52. The Morgan fingerprint density at radius 1 is 1.21 bits per heavy atom. The van der Waals surface area contributed by atoms with E-state index < -0.39 is 0 Å². The topological polar surface area (TPSA) is 56.2 Å². The van der Waals surface area contributed by atoms with E-state index in [2.05, 4.69) is 39.1 Å². The van der Waals surface area contributed by atoms with Crippen molar-refractivity contribution in [1.82, 2.24) is 14.9 Å². The Labute approximate surface area is 171 Å². The first-order chi connectivity index (χ1) is 13.8. The molecule has 28 heavy (non-hydrogen) atoms. The monoisotopic (exact) mass is 411 g/mol. The molecule has 0 fully saturated rings. The molecule has 1 N–H and O–H groups in total. The SMILES string of the molecule is COCCn1c(-c2nc(C(=O)NCCc3cccs3)cs2)cc2ccccc21. The minimum atomic E-state index is -0.126. The lowest BCUT2D eigenvalue weighted by molar-refractivity contribution is 0.0950. The third kappa shape index (κ3) is 4.01. The van der Waals surface area contributed by atoms with Crippen LogP contribution in [0.5, 0.6) is 0 Å². The van der Waals surface area contributed by atoms with Crippen molar-refractivity contribution in [3.05, 3.63) is 63.8 Å². The van der Waals surface area contributed by atoms with Crippen molar-refractivity contribution in [3.8, 4) is 10.7 Å². The number of fused-ring (bicyclic) bond motifs is 1. The fourth-order valence-electron chi connectivity index (χ4n) is 3.15. The highest BCUT2D eigenvalue weighted by Crippen LogP contribution is 2.30. The van der Waals surface area contributed by atoms with Crippen LogP contribution in [0.4, 0.5) is 0 Å². The number of carbonyl (C=O) groups excluding carboxylic acids is 1. The highest BCUT2D eigenvalue weighted by molar-refractivity contribution is 7.13. The molecule has 1 aromatic carbocycles. The van der Waals surface area contributed by atoms with E-state index in [1.807, 2.05) is 29.0 Å². The number of hydrogen-bond acceptors (Lipinski definition) is 5. The van der Waals surface area contributed by atoms with Crippen LogP contribution in [0.1, 0.15) is 15.4 Å². The van der Waals surface area contributed by atoms with Crippen LogP contribution in [0.3, 0.4) is 0 Å². The maximum atomic E-state index is 12.5. The molecule has 144 valence electrons. The van der Waals surface area contributed by atoms with Gasteiger partial charge in [0.2, 0.25) is 0 Å². The fraction of sp³-hybridized carbons (Fsp3) is 0.238. The van der Waals surface area contributed by atoms with Gasteiger partial charge in [-0.05, 0) is 30.0 Å². The van der Waals surface area contributed by atoms with Crippen molar-refractivity contribution in [2.24, 2.45) is 0 Å². The number of ether oxygens (including phenoxy) is 1. The Kier molecular flexibility index (Phi) is 5.85.